The van der Waals surface area contributed by atoms with Crippen molar-refractivity contribution in [2.24, 2.45) is 0 Å². The number of furan rings is 1. The van der Waals surface area contributed by atoms with Gasteiger partial charge in [-0.1, -0.05) is 13.0 Å². The van der Waals surface area contributed by atoms with Gasteiger partial charge in [0.2, 0.25) is 0 Å². The topological polar surface area (TPSA) is 98.0 Å². The average molecular weight is 375 g/mol. The lowest BCUT2D eigenvalue weighted by Crippen LogP contribution is -2.28. The number of rotatable bonds is 9. The summed E-state index contributed by atoms with van der Waals surface area (Å²) in [7, 11) is 1.56. The zero-order valence-electron chi connectivity index (χ0n) is 16.0. The number of methoxy groups -OCH3 is 1. The number of carboxylic acid groups (broad SMARTS) is 1. The zero-order valence-corrected chi connectivity index (χ0v) is 16.0. The molecule has 0 aliphatic rings. The van der Waals surface area contributed by atoms with Crippen LogP contribution < -0.4 is 14.8 Å². The van der Waals surface area contributed by atoms with E-state index in [1.807, 2.05) is 32.0 Å². The standard InChI is InChI=1S/C20H25NO6/c1-5-8-26-15-7-6-14(9-16(15)25-4)13(3)21-20(24)19-12(2)11-27-17(19)10-18(22)23/h6-7,9,11,13H,5,8,10H2,1-4H3,(H,21,24)(H,22,23). The molecular formula is C20H25NO6. The van der Waals surface area contributed by atoms with Crippen molar-refractivity contribution in [3.05, 3.63) is 46.9 Å². The third-order valence-corrected chi connectivity index (χ3v) is 4.09. The zero-order chi connectivity index (χ0) is 20.0. The molecule has 2 N–H and O–H groups in total. The molecule has 0 aliphatic heterocycles. The molecule has 7 nitrogen and oxygen atoms in total. The molecule has 0 spiro atoms. The number of carbonyl (C=O) groups is 2. The molecule has 0 radical (unpaired) electrons. The Hall–Kier alpha value is -2.96. The molecule has 7 heteroatoms. The fourth-order valence-electron chi connectivity index (χ4n) is 2.71. The van der Waals surface area contributed by atoms with E-state index in [0.717, 1.165) is 12.0 Å². The van der Waals surface area contributed by atoms with E-state index >= 15 is 0 Å². The second kappa shape index (κ2) is 9.12. The Labute approximate surface area is 158 Å². The molecule has 1 unspecified atom stereocenters. The minimum atomic E-state index is -1.06. The lowest BCUT2D eigenvalue weighted by atomic mass is 10.1. The average Bonchev–Trinajstić information content (AvgIpc) is 2.99. The molecule has 0 bridgehead atoms. The largest absolute Gasteiger partial charge is 0.493 e. The highest BCUT2D eigenvalue weighted by Crippen LogP contribution is 2.30. The normalized spacial score (nSPS) is 11.7. The van der Waals surface area contributed by atoms with Gasteiger partial charge in [-0.3, -0.25) is 9.59 Å². The van der Waals surface area contributed by atoms with Gasteiger partial charge >= 0.3 is 5.97 Å². The molecule has 0 fully saturated rings. The van der Waals surface area contributed by atoms with Crippen LogP contribution in [-0.4, -0.2) is 30.7 Å². The molecule has 146 valence electrons. The maximum atomic E-state index is 12.7. The van der Waals surface area contributed by atoms with E-state index in [0.29, 0.717) is 23.7 Å². The number of aryl methyl sites for hydroxylation is 1. The smallest absolute Gasteiger partial charge is 0.311 e. The predicted molar refractivity (Wildman–Crippen MR) is 99.4 cm³/mol. The van der Waals surface area contributed by atoms with E-state index in [1.54, 1.807) is 14.0 Å². The Kier molecular flexibility index (Phi) is 6.87. The number of hydrogen-bond donors (Lipinski definition) is 2. The third kappa shape index (κ3) is 5.03. The second-order valence-corrected chi connectivity index (χ2v) is 6.24. The summed E-state index contributed by atoms with van der Waals surface area (Å²) < 4.78 is 16.2. The SMILES string of the molecule is CCCOc1ccc(C(C)NC(=O)c2c(C)coc2CC(=O)O)cc1OC. The van der Waals surface area contributed by atoms with Gasteiger partial charge in [-0.25, -0.2) is 0 Å². The number of benzene rings is 1. The highest BCUT2D eigenvalue weighted by molar-refractivity contribution is 5.97. The van der Waals surface area contributed by atoms with E-state index in [-0.39, 0.29) is 29.7 Å². The van der Waals surface area contributed by atoms with Crippen LogP contribution in [0.2, 0.25) is 0 Å². The highest BCUT2D eigenvalue weighted by atomic mass is 16.5. The third-order valence-electron chi connectivity index (χ3n) is 4.09. The van der Waals surface area contributed by atoms with E-state index in [2.05, 4.69) is 5.32 Å². The van der Waals surface area contributed by atoms with Gasteiger partial charge in [0.05, 0.1) is 31.6 Å². The minimum Gasteiger partial charge on any atom is -0.493 e. The van der Waals surface area contributed by atoms with Gasteiger partial charge in [-0.15, -0.1) is 0 Å². The summed E-state index contributed by atoms with van der Waals surface area (Å²) in [6.45, 7) is 6.16. The van der Waals surface area contributed by atoms with Crippen molar-refractivity contribution < 1.29 is 28.6 Å². The van der Waals surface area contributed by atoms with E-state index in [1.165, 1.54) is 6.26 Å². The molecule has 27 heavy (non-hydrogen) atoms. The van der Waals surface area contributed by atoms with Gasteiger partial charge in [0.25, 0.3) is 5.91 Å². The summed E-state index contributed by atoms with van der Waals surface area (Å²) >= 11 is 0. The summed E-state index contributed by atoms with van der Waals surface area (Å²) in [4.78, 5) is 23.6. The molecular weight excluding hydrogens is 350 g/mol. The predicted octanol–water partition coefficient (Wildman–Crippen LogP) is 3.50. The van der Waals surface area contributed by atoms with Crippen molar-refractivity contribution in [2.45, 2.75) is 39.7 Å². The summed E-state index contributed by atoms with van der Waals surface area (Å²) in [5, 5.41) is 11.8. The van der Waals surface area contributed by atoms with Gasteiger partial charge in [0, 0.05) is 5.56 Å². The van der Waals surface area contributed by atoms with Crippen molar-refractivity contribution in [3.63, 3.8) is 0 Å². The summed E-state index contributed by atoms with van der Waals surface area (Å²) in [5.74, 6) is -0.0520. The van der Waals surface area contributed by atoms with E-state index < -0.39 is 5.97 Å². The Morgan fingerprint density at radius 2 is 2.04 bits per heavy atom. The lowest BCUT2D eigenvalue weighted by Gasteiger charge is -2.17. The first-order valence-corrected chi connectivity index (χ1v) is 8.77. The van der Waals surface area contributed by atoms with Crippen molar-refractivity contribution in [3.8, 4) is 11.5 Å². The lowest BCUT2D eigenvalue weighted by molar-refractivity contribution is -0.136. The fourth-order valence-corrected chi connectivity index (χ4v) is 2.71. The van der Waals surface area contributed by atoms with Crippen molar-refractivity contribution in [1.29, 1.82) is 0 Å². The Morgan fingerprint density at radius 3 is 2.67 bits per heavy atom. The van der Waals surface area contributed by atoms with E-state index in [9.17, 15) is 9.59 Å². The fraction of sp³-hybridized carbons (Fsp3) is 0.400. The molecule has 1 amide bonds. The van der Waals surface area contributed by atoms with Crippen LogP contribution in [0.3, 0.4) is 0 Å². The first-order valence-electron chi connectivity index (χ1n) is 8.77. The molecule has 2 aromatic rings. The molecule has 0 aliphatic carbocycles. The van der Waals surface area contributed by atoms with Gasteiger partial charge in [-0.2, -0.15) is 0 Å². The number of amides is 1. The monoisotopic (exact) mass is 375 g/mol. The minimum absolute atomic E-state index is 0.144. The van der Waals surface area contributed by atoms with Gasteiger partial charge < -0.3 is 24.3 Å². The number of hydrogen-bond acceptors (Lipinski definition) is 5. The van der Waals surface area contributed by atoms with Crippen LogP contribution in [0.5, 0.6) is 11.5 Å². The molecule has 0 saturated heterocycles. The molecule has 1 heterocycles. The molecule has 1 aromatic carbocycles. The van der Waals surface area contributed by atoms with Crippen LogP contribution in [0.15, 0.2) is 28.9 Å². The second-order valence-electron chi connectivity index (χ2n) is 6.24. The molecule has 1 atom stereocenters. The number of ether oxygens (including phenoxy) is 2. The van der Waals surface area contributed by atoms with Crippen molar-refractivity contribution >= 4 is 11.9 Å². The quantitative estimate of drug-likeness (QED) is 0.696. The van der Waals surface area contributed by atoms with Crippen LogP contribution in [0.25, 0.3) is 0 Å². The summed E-state index contributed by atoms with van der Waals surface area (Å²) in [6, 6.07) is 5.17. The number of carbonyl (C=O) groups excluding carboxylic acids is 1. The van der Waals surface area contributed by atoms with Crippen LogP contribution in [0.1, 0.15) is 53.6 Å². The maximum absolute atomic E-state index is 12.7. The van der Waals surface area contributed by atoms with Crippen molar-refractivity contribution in [1.82, 2.24) is 5.32 Å². The first kappa shape index (κ1) is 20.4. The molecule has 1 aromatic heterocycles. The number of aliphatic carboxylic acids is 1. The van der Waals surface area contributed by atoms with Gasteiger partial charge in [0.1, 0.15) is 12.2 Å². The van der Waals surface area contributed by atoms with Crippen LogP contribution in [-0.2, 0) is 11.2 Å². The Bertz CT molecular complexity index is 811. The Balaban J connectivity index is 2.17. The summed E-state index contributed by atoms with van der Waals surface area (Å²) in [6.07, 6.45) is 1.93. The molecule has 2 rings (SSSR count). The highest BCUT2D eigenvalue weighted by Gasteiger charge is 2.22. The first-order chi connectivity index (χ1) is 12.9. The van der Waals surface area contributed by atoms with Crippen LogP contribution in [0.4, 0.5) is 0 Å². The van der Waals surface area contributed by atoms with Crippen LogP contribution >= 0.6 is 0 Å². The number of carboxylic acids is 1. The summed E-state index contributed by atoms with van der Waals surface area (Å²) in [5.41, 5.74) is 1.70. The van der Waals surface area contributed by atoms with Crippen molar-refractivity contribution in [2.75, 3.05) is 13.7 Å². The van der Waals surface area contributed by atoms with Gasteiger partial charge in [-0.05, 0) is 38.0 Å². The maximum Gasteiger partial charge on any atom is 0.311 e. The Morgan fingerprint density at radius 1 is 1.30 bits per heavy atom. The van der Waals surface area contributed by atoms with E-state index in [4.69, 9.17) is 19.0 Å². The van der Waals surface area contributed by atoms with Crippen LogP contribution in [0, 0.1) is 6.92 Å². The number of nitrogens with one attached hydrogen (secondary N) is 1. The molecule has 0 saturated carbocycles. The van der Waals surface area contributed by atoms with Gasteiger partial charge in [0.15, 0.2) is 11.5 Å².